The molecule has 0 radical (unpaired) electrons. The van der Waals surface area contributed by atoms with Crippen LogP contribution in [0.25, 0.3) is 10.9 Å². The molecule has 0 aliphatic carbocycles. The maximum atomic E-state index is 13.1. The molecule has 0 spiro atoms. The normalized spacial score (nSPS) is 18.0. The summed E-state index contributed by atoms with van der Waals surface area (Å²) in [6, 6.07) is 9.56. The molecular weight excluding hydrogens is 459 g/mol. The van der Waals surface area contributed by atoms with Crippen LogP contribution in [0.15, 0.2) is 42.6 Å². The Labute approximate surface area is 193 Å². The number of ether oxygens (including phenoxy) is 1. The fraction of sp³-hybridized carbons (Fsp3) is 0.348. The van der Waals surface area contributed by atoms with Crippen LogP contribution in [0.2, 0.25) is 5.02 Å². The number of nitrogens with zero attached hydrogens (tertiary/aromatic N) is 2. The summed E-state index contributed by atoms with van der Waals surface area (Å²) in [5, 5.41) is 10.6. The number of H-pyrrole nitrogens is 1. The third kappa shape index (κ3) is 5.10. The lowest BCUT2D eigenvalue weighted by Gasteiger charge is -2.42. The van der Waals surface area contributed by atoms with Crippen molar-refractivity contribution in [3.8, 4) is 5.75 Å². The van der Waals surface area contributed by atoms with Gasteiger partial charge in [-0.25, -0.2) is 4.79 Å². The number of methoxy groups -OCH3 is 1. The van der Waals surface area contributed by atoms with Crippen LogP contribution in [-0.4, -0.2) is 65.3 Å². The third-order valence-electron chi connectivity index (χ3n) is 5.97. The Kier molecular flexibility index (Phi) is 6.56. The molecule has 176 valence electrons. The molecule has 1 atom stereocenters. The third-order valence-corrected chi connectivity index (χ3v) is 6.27. The number of benzene rings is 2. The number of alkyl halides is 3. The van der Waals surface area contributed by atoms with E-state index in [1.807, 2.05) is 6.07 Å². The average Bonchev–Trinajstić information content (AvgIpc) is 3.26. The van der Waals surface area contributed by atoms with Crippen LogP contribution in [0.5, 0.6) is 5.75 Å². The highest BCUT2D eigenvalue weighted by molar-refractivity contribution is 6.35. The number of nitrogens with one attached hydrogen (secondary N) is 1. The summed E-state index contributed by atoms with van der Waals surface area (Å²) in [5.41, 5.74) is 2.53. The second-order valence-electron chi connectivity index (χ2n) is 8.07. The minimum Gasteiger partial charge on any atom is -0.496 e. The van der Waals surface area contributed by atoms with Gasteiger partial charge in [-0.15, -0.1) is 0 Å². The van der Waals surface area contributed by atoms with Gasteiger partial charge >= 0.3 is 12.1 Å². The highest BCUT2D eigenvalue weighted by Gasteiger charge is 2.36. The van der Waals surface area contributed by atoms with Crippen LogP contribution < -0.4 is 4.74 Å². The molecule has 1 saturated heterocycles. The van der Waals surface area contributed by atoms with Gasteiger partial charge in [0.05, 0.1) is 29.8 Å². The number of carbonyl (C=O) groups is 1. The number of carboxylic acids is 1. The van der Waals surface area contributed by atoms with Gasteiger partial charge in [0.25, 0.3) is 0 Å². The van der Waals surface area contributed by atoms with E-state index in [1.165, 1.54) is 17.0 Å². The van der Waals surface area contributed by atoms with E-state index in [0.717, 1.165) is 22.0 Å². The lowest BCUT2D eigenvalue weighted by Crippen LogP contribution is -2.50. The molecule has 2 heterocycles. The first-order valence-corrected chi connectivity index (χ1v) is 10.7. The molecule has 2 aromatic carbocycles. The van der Waals surface area contributed by atoms with Crippen molar-refractivity contribution >= 4 is 28.5 Å². The van der Waals surface area contributed by atoms with Gasteiger partial charge < -0.3 is 14.8 Å². The maximum Gasteiger partial charge on any atom is 0.401 e. The molecule has 1 aliphatic heterocycles. The summed E-state index contributed by atoms with van der Waals surface area (Å²) in [5.74, 6) is -0.453. The van der Waals surface area contributed by atoms with Crippen molar-refractivity contribution in [1.82, 2.24) is 14.8 Å². The van der Waals surface area contributed by atoms with Gasteiger partial charge in [-0.1, -0.05) is 23.7 Å². The van der Waals surface area contributed by atoms with Crippen molar-refractivity contribution in [2.75, 3.05) is 33.3 Å². The predicted octanol–water partition coefficient (Wildman–Crippen LogP) is 4.95. The summed E-state index contributed by atoms with van der Waals surface area (Å²) in [7, 11) is 1.55. The largest absolute Gasteiger partial charge is 0.496 e. The van der Waals surface area contributed by atoms with E-state index in [9.17, 15) is 23.1 Å². The highest BCUT2D eigenvalue weighted by atomic mass is 35.5. The molecule has 33 heavy (non-hydrogen) atoms. The predicted molar refractivity (Wildman–Crippen MR) is 119 cm³/mol. The first-order chi connectivity index (χ1) is 15.7. The Morgan fingerprint density at radius 3 is 2.61 bits per heavy atom. The molecule has 1 fully saturated rings. The lowest BCUT2D eigenvalue weighted by atomic mass is 9.99. The van der Waals surface area contributed by atoms with Gasteiger partial charge in [0, 0.05) is 55.4 Å². The molecular formula is C23H23ClF3N3O3. The number of aromatic nitrogens is 1. The van der Waals surface area contributed by atoms with Crippen LogP contribution in [0, 0.1) is 0 Å². The van der Waals surface area contributed by atoms with Crippen molar-refractivity contribution in [2.24, 2.45) is 0 Å². The van der Waals surface area contributed by atoms with Gasteiger partial charge in [-0.05, 0) is 23.8 Å². The van der Waals surface area contributed by atoms with E-state index in [0.29, 0.717) is 23.9 Å². The fourth-order valence-electron chi connectivity index (χ4n) is 4.40. The zero-order chi connectivity index (χ0) is 23.8. The van der Waals surface area contributed by atoms with Crippen LogP contribution >= 0.6 is 11.6 Å². The molecule has 1 aliphatic rings. The molecule has 0 saturated carbocycles. The van der Waals surface area contributed by atoms with Crippen LogP contribution in [0.3, 0.4) is 0 Å². The lowest BCUT2D eigenvalue weighted by molar-refractivity contribution is -0.152. The zero-order valence-electron chi connectivity index (χ0n) is 17.8. The number of hydrogen-bond acceptors (Lipinski definition) is 4. The van der Waals surface area contributed by atoms with E-state index >= 15 is 0 Å². The van der Waals surface area contributed by atoms with E-state index in [2.05, 4.69) is 9.88 Å². The standard InChI is InChI=1S/C23H23ClF3N3O3/c1-33-20-10-18(24)21-16(6-7-28-21)17(20)11-30-9-8-29(13-23(25,26)27)12-19(30)14-2-4-15(5-3-14)22(31)32/h2-7,10,19,28H,8-9,11-13H2,1H3,(H,31,32)/t19-/m1/s1. The van der Waals surface area contributed by atoms with Crippen LogP contribution in [0.4, 0.5) is 13.2 Å². The number of fused-ring (bicyclic) bond motifs is 1. The summed E-state index contributed by atoms with van der Waals surface area (Å²) < 4.78 is 44.8. The molecule has 0 amide bonds. The second kappa shape index (κ2) is 9.24. The molecule has 0 unspecified atom stereocenters. The van der Waals surface area contributed by atoms with Crippen molar-refractivity contribution in [3.63, 3.8) is 0 Å². The minimum absolute atomic E-state index is 0.127. The Hall–Kier alpha value is -2.75. The number of hydrogen-bond donors (Lipinski definition) is 2. The molecule has 2 N–H and O–H groups in total. The smallest absolute Gasteiger partial charge is 0.401 e. The van der Waals surface area contributed by atoms with Crippen LogP contribution in [0.1, 0.15) is 27.5 Å². The SMILES string of the molecule is COc1cc(Cl)c2[nH]ccc2c1CN1CCN(CC(F)(F)F)C[C@@H]1c1ccc(C(=O)O)cc1. The second-order valence-corrected chi connectivity index (χ2v) is 8.48. The molecule has 0 bridgehead atoms. The summed E-state index contributed by atoms with van der Waals surface area (Å²) in [6.45, 7) is 0.267. The maximum absolute atomic E-state index is 13.1. The topological polar surface area (TPSA) is 68.8 Å². The van der Waals surface area contributed by atoms with Gasteiger partial charge in [-0.3, -0.25) is 9.80 Å². The van der Waals surface area contributed by atoms with E-state index in [-0.39, 0.29) is 24.7 Å². The van der Waals surface area contributed by atoms with E-state index in [4.69, 9.17) is 16.3 Å². The highest BCUT2D eigenvalue weighted by Crippen LogP contribution is 2.37. The Morgan fingerprint density at radius 1 is 1.24 bits per heavy atom. The van der Waals surface area contributed by atoms with Crippen molar-refractivity contribution in [3.05, 3.63) is 64.3 Å². The number of rotatable bonds is 6. The number of aromatic amines is 1. The van der Waals surface area contributed by atoms with Crippen molar-refractivity contribution < 1.29 is 27.8 Å². The molecule has 10 heteroatoms. The number of piperazine rings is 1. The first kappa shape index (κ1) is 23.4. The van der Waals surface area contributed by atoms with E-state index in [1.54, 1.807) is 31.5 Å². The minimum atomic E-state index is -4.30. The average molecular weight is 482 g/mol. The number of aromatic carboxylic acids is 1. The summed E-state index contributed by atoms with van der Waals surface area (Å²) >= 11 is 6.36. The summed E-state index contributed by atoms with van der Waals surface area (Å²) in [6.07, 6.45) is -2.51. The quantitative estimate of drug-likeness (QED) is 0.521. The Bertz CT molecular complexity index is 1150. The van der Waals surface area contributed by atoms with Gasteiger partial charge in [0.15, 0.2) is 0 Å². The van der Waals surface area contributed by atoms with Gasteiger partial charge in [-0.2, -0.15) is 13.2 Å². The molecule has 3 aromatic rings. The number of halogens is 4. The molecule has 4 rings (SSSR count). The molecule has 6 nitrogen and oxygen atoms in total. The Morgan fingerprint density at radius 2 is 1.97 bits per heavy atom. The fourth-order valence-corrected chi connectivity index (χ4v) is 4.66. The van der Waals surface area contributed by atoms with Crippen molar-refractivity contribution in [1.29, 1.82) is 0 Å². The Balaban J connectivity index is 1.68. The number of carboxylic acid groups (broad SMARTS) is 1. The van der Waals surface area contributed by atoms with Crippen LogP contribution in [-0.2, 0) is 6.54 Å². The monoisotopic (exact) mass is 481 g/mol. The molecule has 1 aromatic heterocycles. The van der Waals surface area contributed by atoms with Crippen molar-refractivity contribution in [2.45, 2.75) is 18.8 Å². The summed E-state index contributed by atoms with van der Waals surface area (Å²) in [4.78, 5) is 17.8. The van der Waals surface area contributed by atoms with Gasteiger partial charge in [0.2, 0.25) is 0 Å². The first-order valence-electron chi connectivity index (χ1n) is 10.3. The van der Waals surface area contributed by atoms with E-state index < -0.39 is 18.7 Å². The van der Waals surface area contributed by atoms with Gasteiger partial charge in [0.1, 0.15) is 5.75 Å². The zero-order valence-corrected chi connectivity index (χ0v) is 18.6.